The summed E-state index contributed by atoms with van der Waals surface area (Å²) < 4.78 is 6.84. The van der Waals surface area contributed by atoms with Gasteiger partial charge in [0.05, 0.1) is 0 Å². The molecule has 1 fully saturated rings. The van der Waals surface area contributed by atoms with E-state index in [4.69, 9.17) is 4.74 Å². The first kappa shape index (κ1) is 15.8. The maximum atomic E-state index is 5.78. The van der Waals surface area contributed by atoms with E-state index in [9.17, 15) is 0 Å². The molecule has 0 aliphatic heterocycles. The van der Waals surface area contributed by atoms with E-state index in [1.165, 1.54) is 38.5 Å². The highest BCUT2D eigenvalue weighted by atomic mass is 79.9. The highest BCUT2D eigenvalue weighted by molar-refractivity contribution is 9.10. The van der Waals surface area contributed by atoms with Crippen LogP contribution in [0, 0.1) is 5.92 Å². The topological polar surface area (TPSA) is 21.3 Å². The zero-order chi connectivity index (χ0) is 14.2. The Morgan fingerprint density at radius 1 is 1.30 bits per heavy atom. The van der Waals surface area contributed by atoms with E-state index in [-0.39, 0.29) is 0 Å². The number of hydrogen-bond donors (Lipinski definition) is 1. The second-order valence-corrected chi connectivity index (χ2v) is 6.59. The third-order valence-corrected chi connectivity index (χ3v) is 4.73. The molecule has 0 amide bonds. The molecule has 0 spiro atoms. The van der Waals surface area contributed by atoms with Crippen LogP contribution in [0.2, 0.25) is 0 Å². The van der Waals surface area contributed by atoms with Crippen molar-refractivity contribution >= 4 is 15.9 Å². The second kappa shape index (κ2) is 8.68. The van der Waals surface area contributed by atoms with Gasteiger partial charge in [0.25, 0.3) is 0 Å². The zero-order valence-electron chi connectivity index (χ0n) is 12.4. The van der Waals surface area contributed by atoms with Crippen LogP contribution in [0.25, 0.3) is 0 Å². The van der Waals surface area contributed by atoms with Crippen molar-refractivity contribution in [2.24, 2.45) is 5.92 Å². The molecule has 0 radical (unpaired) electrons. The van der Waals surface area contributed by atoms with Crippen LogP contribution in [0.1, 0.15) is 45.4 Å². The van der Waals surface area contributed by atoms with E-state index >= 15 is 0 Å². The molecule has 1 aromatic carbocycles. The Morgan fingerprint density at radius 2 is 2.10 bits per heavy atom. The average molecular weight is 340 g/mol. The number of hydrogen-bond acceptors (Lipinski definition) is 2. The molecule has 1 atom stereocenters. The normalized spacial score (nSPS) is 17.9. The Morgan fingerprint density at radius 3 is 2.80 bits per heavy atom. The summed E-state index contributed by atoms with van der Waals surface area (Å²) in [6.45, 7) is 3.96. The number of ether oxygens (including phenoxy) is 1. The van der Waals surface area contributed by atoms with Gasteiger partial charge in [-0.2, -0.15) is 0 Å². The van der Waals surface area contributed by atoms with Crippen molar-refractivity contribution in [1.29, 1.82) is 0 Å². The summed E-state index contributed by atoms with van der Waals surface area (Å²) in [5.41, 5.74) is 0. The van der Waals surface area contributed by atoms with E-state index in [0.29, 0.717) is 6.04 Å². The van der Waals surface area contributed by atoms with Gasteiger partial charge in [0.2, 0.25) is 0 Å². The summed E-state index contributed by atoms with van der Waals surface area (Å²) in [6.07, 6.45) is 8.28. The fourth-order valence-corrected chi connectivity index (χ4v) is 3.53. The fraction of sp³-hybridized carbons (Fsp3) is 0.647. The van der Waals surface area contributed by atoms with E-state index < -0.39 is 0 Å². The molecular weight excluding hydrogens is 314 g/mol. The zero-order valence-corrected chi connectivity index (χ0v) is 14.0. The van der Waals surface area contributed by atoms with E-state index in [1.54, 1.807) is 0 Å². The van der Waals surface area contributed by atoms with Crippen molar-refractivity contribution in [3.8, 4) is 5.75 Å². The third kappa shape index (κ3) is 5.10. The van der Waals surface area contributed by atoms with Crippen molar-refractivity contribution < 1.29 is 4.74 Å². The number of benzene rings is 1. The molecule has 3 heteroatoms. The summed E-state index contributed by atoms with van der Waals surface area (Å²) in [5.74, 6) is 1.81. The van der Waals surface area contributed by atoms with E-state index in [2.05, 4.69) is 28.2 Å². The minimum absolute atomic E-state index is 0.668. The molecule has 20 heavy (non-hydrogen) atoms. The third-order valence-electron chi connectivity index (χ3n) is 4.23. The number of rotatable bonds is 7. The predicted molar refractivity (Wildman–Crippen MR) is 88.3 cm³/mol. The highest BCUT2D eigenvalue weighted by Gasteiger charge is 2.21. The molecule has 2 rings (SSSR count). The molecule has 2 nitrogen and oxygen atoms in total. The van der Waals surface area contributed by atoms with Crippen LogP contribution in [0.4, 0.5) is 0 Å². The summed E-state index contributed by atoms with van der Waals surface area (Å²) >= 11 is 3.46. The minimum Gasteiger partial charge on any atom is -0.492 e. The van der Waals surface area contributed by atoms with Crippen molar-refractivity contribution in [1.82, 2.24) is 5.32 Å². The summed E-state index contributed by atoms with van der Waals surface area (Å²) in [4.78, 5) is 0. The molecule has 1 aromatic rings. The first-order valence-corrected chi connectivity index (χ1v) is 8.70. The van der Waals surface area contributed by atoms with Crippen molar-refractivity contribution in [2.75, 3.05) is 13.2 Å². The molecule has 0 heterocycles. The van der Waals surface area contributed by atoms with Crippen LogP contribution in [0.15, 0.2) is 28.7 Å². The van der Waals surface area contributed by atoms with Crippen LogP contribution in [-0.2, 0) is 0 Å². The minimum atomic E-state index is 0.668. The average Bonchev–Trinajstić information content (AvgIpc) is 2.48. The lowest BCUT2D eigenvalue weighted by molar-refractivity contribution is 0.242. The van der Waals surface area contributed by atoms with Gasteiger partial charge in [-0.25, -0.2) is 0 Å². The van der Waals surface area contributed by atoms with Crippen molar-refractivity contribution in [3.63, 3.8) is 0 Å². The van der Waals surface area contributed by atoms with E-state index in [1.807, 2.05) is 24.3 Å². The summed E-state index contributed by atoms with van der Waals surface area (Å²) in [6, 6.07) is 8.70. The number of halogens is 1. The van der Waals surface area contributed by atoms with Gasteiger partial charge < -0.3 is 10.1 Å². The monoisotopic (exact) mass is 339 g/mol. The van der Waals surface area contributed by atoms with Gasteiger partial charge in [-0.15, -0.1) is 0 Å². The lowest BCUT2D eigenvalue weighted by Crippen LogP contribution is -2.38. The predicted octanol–water partition coefficient (Wildman–Crippen LogP) is 4.78. The summed E-state index contributed by atoms with van der Waals surface area (Å²) in [5, 5.41) is 3.69. The van der Waals surface area contributed by atoms with Gasteiger partial charge in [0.1, 0.15) is 12.4 Å². The molecule has 1 unspecified atom stereocenters. The molecule has 112 valence electrons. The maximum Gasteiger partial charge on any atom is 0.120 e. The lowest BCUT2D eigenvalue weighted by Gasteiger charge is -2.30. The Labute approximate surface area is 131 Å². The van der Waals surface area contributed by atoms with Crippen LogP contribution in [-0.4, -0.2) is 19.2 Å². The molecule has 0 aromatic heterocycles. The highest BCUT2D eigenvalue weighted by Crippen LogP contribution is 2.27. The van der Waals surface area contributed by atoms with Gasteiger partial charge in [-0.3, -0.25) is 0 Å². The molecule has 1 aliphatic rings. The van der Waals surface area contributed by atoms with Gasteiger partial charge in [0, 0.05) is 17.1 Å². The quantitative estimate of drug-likeness (QED) is 0.722. The van der Waals surface area contributed by atoms with Crippen LogP contribution in [0.5, 0.6) is 5.75 Å². The smallest absolute Gasteiger partial charge is 0.120 e. The molecule has 1 N–H and O–H groups in total. The van der Waals surface area contributed by atoms with Gasteiger partial charge in [-0.1, -0.05) is 48.2 Å². The lowest BCUT2D eigenvalue weighted by atomic mass is 9.83. The largest absolute Gasteiger partial charge is 0.492 e. The van der Waals surface area contributed by atoms with Gasteiger partial charge >= 0.3 is 0 Å². The Kier molecular flexibility index (Phi) is 6.88. The first-order chi connectivity index (χ1) is 9.79. The Hall–Kier alpha value is -0.540. The van der Waals surface area contributed by atoms with Gasteiger partial charge in [0.15, 0.2) is 0 Å². The maximum absolute atomic E-state index is 5.78. The first-order valence-electron chi connectivity index (χ1n) is 7.91. The van der Waals surface area contributed by atoms with Gasteiger partial charge in [-0.05, 0) is 43.4 Å². The van der Waals surface area contributed by atoms with E-state index in [0.717, 1.165) is 29.3 Å². The molecule has 0 saturated heterocycles. The second-order valence-electron chi connectivity index (χ2n) is 5.67. The van der Waals surface area contributed by atoms with Crippen LogP contribution in [0.3, 0.4) is 0 Å². The molecule has 1 aliphatic carbocycles. The number of nitrogens with one attached hydrogen (secondary N) is 1. The summed E-state index contributed by atoms with van der Waals surface area (Å²) in [7, 11) is 0. The van der Waals surface area contributed by atoms with Crippen LogP contribution < -0.4 is 10.1 Å². The van der Waals surface area contributed by atoms with Crippen molar-refractivity contribution in [2.45, 2.75) is 51.5 Å². The molecule has 0 bridgehead atoms. The van der Waals surface area contributed by atoms with Crippen molar-refractivity contribution in [3.05, 3.63) is 28.7 Å². The molecule has 1 saturated carbocycles. The van der Waals surface area contributed by atoms with Crippen LogP contribution >= 0.6 is 15.9 Å². The SMILES string of the molecule is CCC(NCCOc1cccc(Br)c1)C1CCCCC1. The standard InChI is InChI=1S/C17H26BrNO/c1-2-17(14-7-4-3-5-8-14)19-11-12-20-16-10-6-9-15(18)13-16/h6,9-10,13-14,17,19H,2-5,7-8,11-12H2,1H3. The Balaban J connectivity index is 1.68. The molecular formula is C17H26BrNO. The fourth-order valence-electron chi connectivity index (χ4n) is 3.15. The Bertz CT molecular complexity index is 390.